The van der Waals surface area contributed by atoms with Gasteiger partial charge in [0, 0.05) is 5.75 Å². The van der Waals surface area contributed by atoms with Crippen molar-refractivity contribution in [1.29, 1.82) is 0 Å². The summed E-state index contributed by atoms with van der Waals surface area (Å²) in [5, 5.41) is 6.67. The van der Waals surface area contributed by atoms with Gasteiger partial charge in [-0.2, -0.15) is 12.6 Å². The number of thiol groups is 1. The molecule has 3 N–H and O–H groups in total. The van der Waals surface area contributed by atoms with E-state index in [1.165, 1.54) is 15.9 Å². The minimum absolute atomic E-state index is 0. The summed E-state index contributed by atoms with van der Waals surface area (Å²) in [7, 11) is -1.80. The van der Waals surface area contributed by atoms with Crippen LogP contribution in [0.2, 0.25) is 0 Å². The van der Waals surface area contributed by atoms with Crippen LogP contribution in [-0.2, 0) is 14.3 Å². The van der Waals surface area contributed by atoms with Gasteiger partial charge in [0.15, 0.2) is 0 Å². The van der Waals surface area contributed by atoms with Crippen LogP contribution < -0.4 is 43.9 Å². The van der Waals surface area contributed by atoms with Gasteiger partial charge in [-0.3, -0.25) is 9.59 Å². The molecule has 0 aliphatic carbocycles. The van der Waals surface area contributed by atoms with Crippen molar-refractivity contribution in [3.8, 4) is 0 Å². The monoisotopic (exact) mass is 602 g/mol. The topological polar surface area (TPSA) is 81.4 Å². The van der Waals surface area contributed by atoms with E-state index in [4.69, 9.17) is 10.5 Å². The number of halogens is 1. The molecule has 3 aromatic rings. The van der Waals surface area contributed by atoms with Crippen molar-refractivity contribution in [2.75, 3.05) is 25.1 Å². The average Bonchev–Trinajstić information content (AvgIpc) is 2.94. The Kier molecular flexibility index (Phi) is 13.9. The summed E-state index contributed by atoms with van der Waals surface area (Å²) in [6.45, 7) is 0.183. The van der Waals surface area contributed by atoms with Crippen LogP contribution in [0.15, 0.2) is 91.0 Å². The smallest absolute Gasteiger partial charge is 0.325 e. The van der Waals surface area contributed by atoms with Crippen LogP contribution in [0, 0.1) is 0 Å². The van der Waals surface area contributed by atoms with E-state index >= 15 is 0 Å². The summed E-state index contributed by atoms with van der Waals surface area (Å²) in [6, 6.07) is 32.0. The number of amides is 1. The Bertz CT molecular complexity index is 978. The number of ether oxygens (including phenoxy) is 1. The van der Waals surface area contributed by atoms with Crippen LogP contribution in [0.4, 0.5) is 0 Å². The van der Waals surface area contributed by atoms with Crippen molar-refractivity contribution >= 4 is 47.7 Å². The van der Waals surface area contributed by atoms with Crippen molar-refractivity contribution in [1.82, 2.24) is 5.32 Å². The molecular formula is C29H36BrN2O3PS. The molecule has 0 saturated heterocycles. The van der Waals surface area contributed by atoms with E-state index < -0.39 is 25.2 Å². The lowest BCUT2D eigenvalue weighted by Gasteiger charge is -2.27. The van der Waals surface area contributed by atoms with E-state index in [2.05, 4.69) is 109 Å². The highest BCUT2D eigenvalue weighted by atomic mass is 79.9. The highest BCUT2D eigenvalue weighted by Gasteiger charge is 2.44. The first kappa shape index (κ1) is 31.0. The zero-order valence-corrected chi connectivity index (χ0v) is 24.3. The van der Waals surface area contributed by atoms with Crippen molar-refractivity contribution in [2.24, 2.45) is 5.73 Å². The van der Waals surface area contributed by atoms with E-state index in [0.717, 1.165) is 31.8 Å². The Morgan fingerprint density at radius 1 is 0.784 bits per heavy atom. The molecule has 0 saturated carbocycles. The first-order chi connectivity index (χ1) is 17.6. The van der Waals surface area contributed by atoms with E-state index in [-0.39, 0.29) is 29.3 Å². The molecule has 1 unspecified atom stereocenters. The molecule has 5 nitrogen and oxygen atoms in total. The lowest BCUT2D eigenvalue weighted by atomic mass is 10.2. The molecule has 0 aliphatic rings. The standard InChI is InChI=1S/C29H35N2O3PS.BrH/c30-27(23-36)29(33)31-22-28(32)34-20-12-1-2-13-21-35(24-14-6-3-7-15-24,25-16-8-4-9-17-25)26-18-10-5-11-19-26;/h3-11,14-19,27H,1-2,12-13,20-23,30H2,(H-,31,33,36);1H. The first-order valence-electron chi connectivity index (χ1n) is 12.4. The van der Waals surface area contributed by atoms with Gasteiger partial charge in [0.25, 0.3) is 0 Å². The predicted octanol–water partition coefficient (Wildman–Crippen LogP) is 0.461. The Morgan fingerprint density at radius 2 is 1.24 bits per heavy atom. The molecule has 198 valence electrons. The summed E-state index contributed by atoms with van der Waals surface area (Å²) in [6.07, 6.45) is 4.99. The number of benzene rings is 3. The molecule has 0 fully saturated rings. The fourth-order valence-electron chi connectivity index (χ4n) is 4.30. The van der Waals surface area contributed by atoms with Gasteiger partial charge in [0.2, 0.25) is 5.91 Å². The van der Waals surface area contributed by atoms with Crippen LogP contribution >= 0.6 is 19.9 Å². The number of carbonyl (C=O) groups excluding carboxylic acids is 2. The number of nitrogens with one attached hydrogen (secondary N) is 1. The van der Waals surface area contributed by atoms with Gasteiger partial charge in [-0.1, -0.05) is 54.6 Å². The third-order valence-corrected chi connectivity index (χ3v) is 11.1. The second-order valence-corrected chi connectivity index (χ2v) is 12.7. The zero-order chi connectivity index (χ0) is 25.6. The minimum atomic E-state index is -1.80. The SMILES string of the molecule is NC(CS)C(=O)NCC(=O)OCCCCCC[P+](c1ccccc1)(c1ccccc1)c1ccccc1.[Br-]. The third-order valence-electron chi connectivity index (χ3n) is 6.18. The van der Waals surface area contributed by atoms with Gasteiger partial charge in [-0.05, 0) is 62.1 Å². The molecular weight excluding hydrogens is 567 g/mol. The van der Waals surface area contributed by atoms with Crippen molar-refractivity contribution in [3.63, 3.8) is 0 Å². The largest absolute Gasteiger partial charge is 1.00 e. The quantitative estimate of drug-likeness (QED) is 0.108. The van der Waals surface area contributed by atoms with E-state index in [0.29, 0.717) is 6.61 Å². The molecule has 1 amide bonds. The van der Waals surface area contributed by atoms with Crippen LogP contribution in [0.25, 0.3) is 0 Å². The molecule has 0 radical (unpaired) electrons. The summed E-state index contributed by atoms with van der Waals surface area (Å²) >= 11 is 3.98. The summed E-state index contributed by atoms with van der Waals surface area (Å²) in [5.74, 6) is -0.621. The van der Waals surface area contributed by atoms with E-state index in [1.807, 2.05) is 0 Å². The highest BCUT2D eigenvalue weighted by Crippen LogP contribution is 2.55. The Balaban J connectivity index is 0.00000481. The van der Waals surface area contributed by atoms with Gasteiger partial charge in [0.1, 0.15) is 29.7 Å². The lowest BCUT2D eigenvalue weighted by molar-refractivity contribution is -0.144. The number of hydrogen-bond acceptors (Lipinski definition) is 5. The summed E-state index contributed by atoms with van der Waals surface area (Å²) < 4.78 is 5.25. The maximum Gasteiger partial charge on any atom is 0.325 e. The Hall–Kier alpha value is -2.18. The number of carbonyl (C=O) groups is 2. The molecule has 0 bridgehead atoms. The fraction of sp³-hybridized carbons (Fsp3) is 0.310. The molecule has 0 aromatic heterocycles. The number of rotatable bonds is 14. The third kappa shape index (κ3) is 8.96. The number of esters is 1. The molecule has 0 spiro atoms. The molecule has 1 atom stereocenters. The molecule has 3 rings (SSSR count). The van der Waals surface area contributed by atoms with Gasteiger partial charge in [0.05, 0.1) is 18.8 Å². The molecule has 3 aromatic carbocycles. The van der Waals surface area contributed by atoms with Gasteiger partial charge in [-0.25, -0.2) is 0 Å². The highest BCUT2D eigenvalue weighted by molar-refractivity contribution is 7.95. The lowest BCUT2D eigenvalue weighted by Crippen LogP contribution is -3.00. The van der Waals surface area contributed by atoms with Gasteiger partial charge < -0.3 is 32.8 Å². The molecule has 0 heterocycles. The summed E-state index contributed by atoms with van der Waals surface area (Å²) in [4.78, 5) is 23.5. The van der Waals surface area contributed by atoms with Crippen LogP contribution in [0.5, 0.6) is 0 Å². The molecule has 8 heteroatoms. The van der Waals surface area contributed by atoms with Crippen LogP contribution in [-0.4, -0.2) is 43.0 Å². The van der Waals surface area contributed by atoms with E-state index in [9.17, 15) is 9.59 Å². The average molecular weight is 604 g/mol. The number of hydrogen-bond donors (Lipinski definition) is 3. The number of nitrogens with two attached hydrogens (primary N) is 1. The molecule has 37 heavy (non-hydrogen) atoms. The van der Waals surface area contributed by atoms with Crippen LogP contribution in [0.1, 0.15) is 25.7 Å². The minimum Gasteiger partial charge on any atom is -1.00 e. The van der Waals surface area contributed by atoms with Gasteiger partial charge in [-0.15, -0.1) is 0 Å². The van der Waals surface area contributed by atoms with Crippen molar-refractivity contribution in [3.05, 3.63) is 91.0 Å². The maximum absolute atomic E-state index is 11.9. The Morgan fingerprint density at radius 3 is 1.70 bits per heavy atom. The zero-order valence-electron chi connectivity index (χ0n) is 21.0. The van der Waals surface area contributed by atoms with Gasteiger partial charge >= 0.3 is 5.97 Å². The second-order valence-electron chi connectivity index (χ2n) is 8.68. The maximum atomic E-state index is 11.9. The first-order valence-corrected chi connectivity index (χ1v) is 15.0. The normalized spacial score (nSPS) is 11.7. The fourth-order valence-corrected chi connectivity index (χ4v) is 8.87. The predicted molar refractivity (Wildman–Crippen MR) is 154 cm³/mol. The van der Waals surface area contributed by atoms with Crippen LogP contribution in [0.3, 0.4) is 0 Å². The van der Waals surface area contributed by atoms with Crippen molar-refractivity contribution in [2.45, 2.75) is 31.7 Å². The van der Waals surface area contributed by atoms with E-state index in [1.54, 1.807) is 0 Å². The van der Waals surface area contributed by atoms with Crippen molar-refractivity contribution < 1.29 is 31.3 Å². The number of unbranched alkanes of at least 4 members (excludes halogenated alkanes) is 3. The second kappa shape index (κ2) is 16.6. The summed E-state index contributed by atoms with van der Waals surface area (Å²) in [5.41, 5.74) is 5.57. The Labute approximate surface area is 237 Å². The molecule has 0 aliphatic heterocycles.